The van der Waals surface area contributed by atoms with Crippen LogP contribution in [0.4, 0.5) is 5.95 Å². The molecule has 9 nitrogen and oxygen atoms in total. The van der Waals surface area contributed by atoms with Crippen molar-refractivity contribution in [1.82, 2.24) is 29.5 Å². The van der Waals surface area contributed by atoms with Crippen LogP contribution in [0.2, 0.25) is 0 Å². The molecule has 3 aliphatic rings. The molecule has 0 N–H and O–H groups in total. The molecule has 0 bridgehead atoms. The number of fused-ring (bicyclic) bond motifs is 2. The van der Waals surface area contributed by atoms with Gasteiger partial charge in [0.1, 0.15) is 5.69 Å². The number of carbonyl (C=O) groups excluding carboxylic acids is 2. The molecule has 3 aliphatic heterocycles. The largest absolute Gasteiger partial charge is 0.341 e. The molecule has 158 valence electrons. The van der Waals surface area contributed by atoms with Gasteiger partial charge in [0.15, 0.2) is 0 Å². The molecule has 0 atom stereocenters. The molecule has 0 unspecified atom stereocenters. The molecule has 0 saturated carbocycles. The normalized spacial score (nSPS) is 20.7. The highest BCUT2D eigenvalue weighted by molar-refractivity contribution is 5.97. The van der Waals surface area contributed by atoms with Crippen LogP contribution < -0.4 is 4.90 Å². The van der Waals surface area contributed by atoms with Gasteiger partial charge in [-0.15, -0.1) is 0 Å². The summed E-state index contributed by atoms with van der Waals surface area (Å²) in [5.74, 6) is 0.678. The summed E-state index contributed by atoms with van der Waals surface area (Å²) in [6.07, 6.45) is 7.34. The molecule has 9 heteroatoms. The number of hydrogen-bond acceptors (Lipinski definition) is 6. The zero-order valence-corrected chi connectivity index (χ0v) is 17.5. The first-order chi connectivity index (χ1) is 14.5. The molecule has 0 aliphatic carbocycles. The highest BCUT2D eigenvalue weighted by atomic mass is 16.2. The highest BCUT2D eigenvalue weighted by Crippen LogP contribution is 2.41. The van der Waals surface area contributed by atoms with E-state index in [1.165, 1.54) is 0 Å². The average Bonchev–Trinajstić information content (AvgIpc) is 3.44. The van der Waals surface area contributed by atoms with Gasteiger partial charge in [0, 0.05) is 64.6 Å². The van der Waals surface area contributed by atoms with Crippen molar-refractivity contribution >= 4 is 17.8 Å². The minimum absolute atomic E-state index is 0.0180. The van der Waals surface area contributed by atoms with Gasteiger partial charge < -0.3 is 14.7 Å². The molecule has 0 aromatic carbocycles. The number of hydrogen-bond donors (Lipinski definition) is 0. The Kier molecular flexibility index (Phi) is 4.48. The quantitative estimate of drug-likeness (QED) is 0.737. The molecular weight excluding hydrogens is 382 g/mol. The number of amides is 2. The lowest BCUT2D eigenvalue weighted by Crippen LogP contribution is -2.54. The Morgan fingerprint density at radius 3 is 2.50 bits per heavy atom. The monoisotopic (exact) mass is 409 g/mol. The number of likely N-dealkylation sites (tertiary alicyclic amines) is 1. The number of rotatable bonds is 2. The Bertz CT molecular complexity index is 987. The maximum Gasteiger partial charge on any atom is 0.274 e. The molecule has 2 fully saturated rings. The van der Waals surface area contributed by atoms with Crippen molar-refractivity contribution in [2.75, 3.05) is 44.7 Å². The van der Waals surface area contributed by atoms with Crippen LogP contribution in [0, 0.1) is 0 Å². The maximum atomic E-state index is 12.8. The minimum Gasteiger partial charge on any atom is -0.341 e. The lowest BCUT2D eigenvalue weighted by molar-refractivity contribution is 0.0537. The van der Waals surface area contributed by atoms with Crippen LogP contribution in [-0.2, 0) is 12.5 Å². The lowest BCUT2D eigenvalue weighted by atomic mass is 9.71. The predicted octanol–water partition coefficient (Wildman–Crippen LogP) is 1.07. The third-order valence-electron chi connectivity index (χ3n) is 6.72. The van der Waals surface area contributed by atoms with Gasteiger partial charge in [0.25, 0.3) is 11.8 Å². The fourth-order valence-corrected chi connectivity index (χ4v) is 5.03. The first kappa shape index (κ1) is 19.0. The van der Waals surface area contributed by atoms with Crippen LogP contribution in [0.25, 0.3) is 0 Å². The van der Waals surface area contributed by atoms with E-state index in [-0.39, 0.29) is 17.2 Å². The second kappa shape index (κ2) is 7.07. The number of likely N-dealkylation sites (N-methyl/N-ethyl adjacent to an activating group) is 1. The van der Waals surface area contributed by atoms with Gasteiger partial charge in [-0.25, -0.2) is 9.97 Å². The van der Waals surface area contributed by atoms with E-state index in [4.69, 9.17) is 4.98 Å². The second-order valence-corrected chi connectivity index (χ2v) is 8.73. The van der Waals surface area contributed by atoms with Gasteiger partial charge in [-0.2, -0.15) is 5.10 Å². The van der Waals surface area contributed by atoms with Crippen LogP contribution in [-0.4, -0.2) is 81.1 Å². The number of carbonyl (C=O) groups is 2. The zero-order valence-electron chi connectivity index (χ0n) is 17.5. The van der Waals surface area contributed by atoms with Crippen LogP contribution in [0.5, 0.6) is 0 Å². The molecule has 2 aromatic rings. The second-order valence-electron chi connectivity index (χ2n) is 8.73. The molecule has 2 aromatic heterocycles. The van der Waals surface area contributed by atoms with Crippen LogP contribution >= 0.6 is 0 Å². The van der Waals surface area contributed by atoms with Crippen LogP contribution in [0.1, 0.15) is 52.2 Å². The molecule has 2 saturated heterocycles. The summed E-state index contributed by atoms with van der Waals surface area (Å²) in [5.41, 5.74) is 1.71. The van der Waals surface area contributed by atoms with E-state index in [1.54, 1.807) is 28.0 Å². The van der Waals surface area contributed by atoms with Crippen molar-refractivity contribution < 1.29 is 9.59 Å². The highest BCUT2D eigenvalue weighted by Gasteiger charge is 2.46. The summed E-state index contributed by atoms with van der Waals surface area (Å²) in [7, 11) is 3.65. The van der Waals surface area contributed by atoms with E-state index in [2.05, 4.69) is 15.0 Å². The molecule has 5 heterocycles. The van der Waals surface area contributed by atoms with Crippen LogP contribution in [0.3, 0.4) is 0 Å². The number of nitrogens with zero attached hydrogens (tertiary/aromatic N) is 7. The van der Waals surface area contributed by atoms with E-state index in [1.807, 2.05) is 19.0 Å². The molecule has 30 heavy (non-hydrogen) atoms. The number of piperidine rings is 1. The van der Waals surface area contributed by atoms with Crippen molar-refractivity contribution in [3.63, 3.8) is 0 Å². The maximum absolute atomic E-state index is 12.8. The Morgan fingerprint density at radius 2 is 1.83 bits per heavy atom. The van der Waals surface area contributed by atoms with Gasteiger partial charge in [-0.05, 0) is 31.7 Å². The van der Waals surface area contributed by atoms with Crippen molar-refractivity contribution in [3.05, 3.63) is 35.4 Å². The van der Waals surface area contributed by atoms with E-state index >= 15 is 0 Å². The number of aryl methyl sites for hydroxylation is 1. The van der Waals surface area contributed by atoms with E-state index in [0.717, 1.165) is 50.4 Å². The Balaban J connectivity index is 1.43. The van der Waals surface area contributed by atoms with E-state index in [0.29, 0.717) is 30.9 Å². The van der Waals surface area contributed by atoms with Gasteiger partial charge in [0.05, 0.1) is 11.3 Å². The zero-order chi connectivity index (χ0) is 20.9. The van der Waals surface area contributed by atoms with Gasteiger partial charge in [-0.1, -0.05) is 0 Å². The minimum atomic E-state index is -0.240. The summed E-state index contributed by atoms with van der Waals surface area (Å²) in [6.45, 7) is 3.80. The fraction of sp³-hybridized carbons (Fsp3) is 0.571. The van der Waals surface area contributed by atoms with Gasteiger partial charge >= 0.3 is 0 Å². The molecule has 5 rings (SSSR count). The number of anilines is 1. The lowest BCUT2D eigenvalue weighted by Gasteiger charge is -2.46. The van der Waals surface area contributed by atoms with Crippen molar-refractivity contribution in [1.29, 1.82) is 0 Å². The predicted molar refractivity (Wildman–Crippen MR) is 110 cm³/mol. The van der Waals surface area contributed by atoms with Gasteiger partial charge in [0.2, 0.25) is 5.95 Å². The third kappa shape index (κ3) is 3.03. The SMILES string of the molecule is CN1CC2(CCN(C(=O)c3ccn(C)n3)CC2)c2nc(N3CCCC3)ncc2C1=O. The molecule has 1 spiro atoms. The van der Waals surface area contributed by atoms with E-state index < -0.39 is 0 Å². The van der Waals surface area contributed by atoms with E-state index in [9.17, 15) is 9.59 Å². The average molecular weight is 409 g/mol. The molecule has 0 radical (unpaired) electrons. The third-order valence-corrected chi connectivity index (χ3v) is 6.72. The summed E-state index contributed by atoms with van der Waals surface area (Å²) < 4.78 is 1.65. The summed E-state index contributed by atoms with van der Waals surface area (Å²) >= 11 is 0. The first-order valence-electron chi connectivity index (χ1n) is 10.6. The van der Waals surface area contributed by atoms with Crippen molar-refractivity contribution in [2.45, 2.75) is 31.1 Å². The summed E-state index contributed by atoms with van der Waals surface area (Å²) in [6, 6.07) is 1.75. The number of aromatic nitrogens is 4. The topological polar surface area (TPSA) is 87.5 Å². The standard InChI is InChI=1S/C21H27N7O2/c1-25-14-21(6-11-27(12-7-21)19(30)16-5-10-26(2)24-16)17-15(18(25)29)13-22-20(23-17)28-8-3-4-9-28/h5,10,13H,3-4,6-9,11-12,14H2,1-2H3. The Morgan fingerprint density at radius 1 is 1.10 bits per heavy atom. The molecular formula is C21H27N7O2. The van der Waals surface area contributed by atoms with Gasteiger partial charge in [-0.3, -0.25) is 14.3 Å². The first-order valence-corrected chi connectivity index (χ1v) is 10.6. The Labute approximate surface area is 175 Å². The van der Waals surface area contributed by atoms with Crippen LogP contribution in [0.15, 0.2) is 18.5 Å². The molecule has 2 amide bonds. The smallest absolute Gasteiger partial charge is 0.274 e. The summed E-state index contributed by atoms with van der Waals surface area (Å²) in [5, 5.41) is 4.25. The van der Waals surface area contributed by atoms with Crippen molar-refractivity contribution in [2.24, 2.45) is 7.05 Å². The summed E-state index contributed by atoms with van der Waals surface area (Å²) in [4.78, 5) is 40.9. The van der Waals surface area contributed by atoms with Crippen molar-refractivity contribution in [3.8, 4) is 0 Å². The fourth-order valence-electron chi connectivity index (χ4n) is 5.03. The Hall–Kier alpha value is -2.97.